The summed E-state index contributed by atoms with van der Waals surface area (Å²) in [5.41, 5.74) is 3.66. The maximum atomic E-state index is 4.19. The molecule has 0 aliphatic heterocycles. The van der Waals surface area contributed by atoms with Crippen LogP contribution >= 0.6 is 0 Å². The first-order valence-electron chi connectivity index (χ1n) is 7.58. The van der Waals surface area contributed by atoms with Crippen LogP contribution < -0.4 is 24.8 Å². The van der Waals surface area contributed by atoms with E-state index < -0.39 is 0 Å². The van der Waals surface area contributed by atoms with E-state index in [0.29, 0.717) is 0 Å². The van der Waals surface area contributed by atoms with Crippen molar-refractivity contribution in [3.63, 3.8) is 0 Å². The Morgan fingerprint density at radius 1 is 0.333 bits per heavy atom. The Hall–Kier alpha value is -2.54. The fraction of sp³-hybridized carbons (Fsp3) is 0. The molecule has 10 nitrogen and oxygen atoms in total. The van der Waals surface area contributed by atoms with Gasteiger partial charge in [0, 0.05) is 24.8 Å². The molecule has 0 spiro atoms. The van der Waals surface area contributed by atoms with Crippen LogP contribution in [0.2, 0.25) is 0 Å². The summed E-state index contributed by atoms with van der Waals surface area (Å²) in [7, 11) is 0. The molecule has 33 heavy (non-hydrogen) atoms. The normalized spacial score (nSPS) is 7.03. The van der Waals surface area contributed by atoms with Crippen molar-refractivity contribution >= 4 is 0 Å². The summed E-state index contributed by atoms with van der Waals surface area (Å²) in [6.45, 7) is 0. The van der Waals surface area contributed by atoms with Crippen LogP contribution in [0.4, 0.5) is 0 Å². The van der Waals surface area contributed by atoms with Crippen LogP contribution in [0.25, 0.3) is 22.8 Å². The number of aromatic nitrogens is 4. The molecule has 0 atom stereocenters. The Kier molecular flexibility index (Phi) is 40.0. The molecule has 0 saturated carbocycles. The van der Waals surface area contributed by atoms with Gasteiger partial charge >= 0.3 is 17.1 Å². The van der Waals surface area contributed by atoms with Crippen LogP contribution in [-0.2, 0) is 17.1 Å². The largest absolute Gasteiger partial charge is 2.00 e. The summed E-state index contributed by atoms with van der Waals surface area (Å²) in [6, 6.07) is 23.2. The summed E-state index contributed by atoms with van der Waals surface area (Å²) >= 11 is 0. The Balaban J connectivity index is -0.0000000644. The van der Waals surface area contributed by atoms with Crippen molar-refractivity contribution in [3.05, 3.63) is 97.6 Å². The summed E-state index contributed by atoms with van der Waals surface area (Å²) in [6.07, 6.45) is 7.07. The minimum absolute atomic E-state index is 0. The second kappa shape index (κ2) is 27.5. The van der Waals surface area contributed by atoms with Gasteiger partial charge in [0.05, 0.1) is 22.8 Å². The molecule has 0 aromatic carbocycles. The van der Waals surface area contributed by atoms with E-state index in [0.717, 1.165) is 22.8 Å². The van der Waals surface area contributed by atoms with E-state index in [1.165, 1.54) is 0 Å². The SMILES string of the molecule is O.O.O.O.O.O.[Cl-].[Cl-].[Cu+2].c1ccc(-c2ccccn2)nc1.c1ccc(-c2ccccn2)nc1. The average molecular weight is 555 g/mol. The molecule has 4 rings (SSSR count). The van der Waals surface area contributed by atoms with Gasteiger partial charge in [-0.05, 0) is 48.5 Å². The smallest absolute Gasteiger partial charge is 1.00 e. The Morgan fingerprint density at radius 3 is 0.636 bits per heavy atom. The van der Waals surface area contributed by atoms with Gasteiger partial charge in [0.1, 0.15) is 0 Å². The van der Waals surface area contributed by atoms with Crippen molar-refractivity contribution in [1.82, 2.24) is 19.9 Å². The summed E-state index contributed by atoms with van der Waals surface area (Å²) in [5, 5.41) is 0. The summed E-state index contributed by atoms with van der Waals surface area (Å²) in [5.74, 6) is 0. The third-order valence-electron chi connectivity index (χ3n) is 3.18. The summed E-state index contributed by atoms with van der Waals surface area (Å²) < 4.78 is 0. The number of hydrogen-bond donors (Lipinski definition) is 0. The fourth-order valence-electron chi connectivity index (χ4n) is 2.06. The molecule has 4 heterocycles. The number of nitrogens with zero attached hydrogens (tertiary/aromatic N) is 4. The number of hydrogen-bond acceptors (Lipinski definition) is 4. The van der Waals surface area contributed by atoms with E-state index in [1.54, 1.807) is 24.8 Å². The molecule has 0 amide bonds. The van der Waals surface area contributed by atoms with Gasteiger partial charge in [-0.15, -0.1) is 0 Å². The van der Waals surface area contributed by atoms with Crippen LogP contribution in [-0.4, -0.2) is 52.8 Å². The van der Waals surface area contributed by atoms with Gasteiger partial charge in [0.15, 0.2) is 0 Å². The quantitative estimate of drug-likeness (QED) is 0.219. The molecule has 0 aliphatic carbocycles. The first kappa shape index (κ1) is 48.0. The van der Waals surface area contributed by atoms with E-state index in [9.17, 15) is 0 Å². The zero-order valence-corrected chi connectivity index (χ0v) is 19.5. The molecule has 4 aromatic rings. The van der Waals surface area contributed by atoms with Crippen molar-refractivity contribution in [2.75, 3.05) is 0 Å². The molecule has 1 radical (unpaired) electrons. The van der Waals surface area contributed by atoms with Crippen LogP contribution in [0.1, 0.15) is 0 Å². The molecular formula is C20H28Cl2CuN4O6. The van der Waals surface area contributed by atoms with Gasteiger partial charge in [-0.1, -0.05) is 24.3 Å². The third-order valence-corrected chi connectivity index (χ3v) is 3.18. The van der Waals surface area contributed by atoms with Gasteiger partial charge in [-0.2, -0.15) is 0 Å². The maximum absolute atomic E-state index is 4.19. The number of halogens is 2. The summed E-state index contributed by atoms with van der Waals surface area (Å²) in [4.78, 5) is 16.7. The third kappa shape index (κ3) is 15.8. The monoisotopic (exact) mass is 553 g/mol. The van der Waals surface area contributed by atoms with E-state index in [2.05, 4.69) is 19.9 Å². The second-order valence-electron chi connectivity index (χ2n) is 4.86. The fourth-order valence-corrected chi connectivity index (χ4v) is 2.06. The van der Waals surface area contributed by atoms with Gasteiger partial charge in [-0.25, -0.2) is 0 Å². The average Bonchev–Trinajstić information content (AvgIpc) is 2.71. The molecule has 12 N–H and O–H groups in total. The van der Waals surface area contributed by atoms with Crippen LogP contribution in [0.5, 0.6) is 0 Å². The molecule has 0 fully saturated rings. The van der Waals surface area contributed by atoms with Crippen molar-refractivity contribution < 1.29 is 74.7 Å². The van der Waals surface area contributed by atoms with Gasteiger partial charge in [0.2, 0.25) is 0 Å². The Bertz CT molecular complexity index is 724. The van der Waals surface area contributed by atoms with Crippen LogP contribution in [0, 0.1) is 0 Å². The second-order valence-corrected chi connectivity index (χ2v) is 4.86. The molecule has 0 saturated heterocycles. The topological polar surface area (TPSA) is 241 Å². The molecule has 0 unspecified atom stereocenters. The maximum Gasteiger partial charge on any atom is 2.00 e. The first-order valence-corrected chi connectivity index (χ1v) is 7.58. The van der Waals surface area contributed by atoms with Gasteiger partial charge < -0.3 is 57.7 Å². The Labute approximate surface area is 214 Å². The molecule has 0 bridgehead atoms. The van der Waals surface area contributed by atoms with Gasteiger partial charge in [-0.3, -0.25) is 19.9 Å². The molecule has 4 aromatic heterocycles. The predicted octanol–water partition coefficient (Wildman–Crippen LogP) is -6.66. The van der Waals surface area contributed by atoms with Crippen molar-refractivity contribution in [3.8, 4) is 22.8 Å². The number of pyridine rings is 4. The van der Waals surface area contributed by atoms with Crippen LogP contribution in [0.15, 0.2) is 97.6 Å². The number of rotatable bonds is 2. The predicted molar refractivity (Wildman–Crippen MR) is 117 cm³/mol. The van der Waals surface area contributed by atoms with E-state index in [4.69, 9.17) is 0 Å². The van der Waals surface area contributed by atoms with Crippen molar-refractivity contribution in [2.24, 2.45) is 0 Å². The standard InChI is InChI=1S/2C10H8N2.2ClH.Cu.6H2O/c2*1-3-7-11-9(5-1)10-6-2-4-8-12-10;;;;;;;;;/h2*1-8H;2*1H;;6*1H2/q;;;;+2;;;;;;/p-2. The molecule has 0 aliphatic rings. The van der Waals surface area contributed by atoms with E-state index >= 15 is 0 Å². The van der Waals surface area contributed by atoms with Crippen LogP contribution in [0.3, 0.4) is 0 Å². The molecule has 13 heteroatoms. The minimum Gasteiger partial charge on any atom is -1.00 e. The molecule has 189 valence electrons. The minimum atomic E-state index is 0. The zero-order chi connectivity index (χ0) is 16.5. The molecular weight excluding hydrogens is 527 g/mol. The van der Waals surface area contributed by atoms with E-state index in [1.807, 2.05) is 72.8 Å². The Morgan fingerprint density at radius 2 is 0.515 bits per heavy atom. The van der Waals surface area contributed by atoms with Crippen molar-refractivity contribution in [1.29, 1.82) is 0 Å². The zero-order valence-electron chi connectivity index (χ0n) is 17.1. The van der Waals surface area contributed by atoms with Crippen molar-refractivity contribution in [2.45, 2.75) is 0 Å². The van der Waals surface area contributed by atoms with Gasteiger partial charge in [0.25, 0.3) is 0 Å². The first-order chi connectivity index (χ1) is 11.9. The van der Waals surface area contributed by atoms with E-state index in [-0.39, 0.29) is 74.7 Å².